The normalized spacial score (nSPS) is 11.6. The summed E-state index contributed by atoms with van der Waals surface area (Å²) >= 11 is 5.78. The van der Waals surface area contributed by atoms with Crippen molar-refractivity contribution in [2.24, 2.45) is 5.73 Å². The third-order valence-electron chi connectivity index (χ3n) is 3.20. The molecule has 5 nitrogen and oxygen atoms in total. The van der Waals surface area contributed by atoms with Crippen molar-refractivity contribution >= 4 is 29.2 Å². The highest BCUT2D eigenvalue weighted by Crippen LogP contribution is 2.19. The SMILES string of the molecule is C[C@H](NC(=O)c1cc(Cl)ccc1F)c1ccc(NC(N)=O)cc1. The first-order chi connectivity index (χ1) is 10.9. The van der Waals surface area contributed by atoms with Crippen LogP contribution in [0.3, 0.4) is 0 Å². The Morgan fingerprint density at radius 1 is 1.17 bits per heavy atom. The predicted octanol–water partition coefficient (Wildman–Crippen LogP) is 3.46. The average molecular weight is 336 g/mol. The molecule has 0 bridgehead atoms. The maximum absolute atomic E-state index is 13.7. The zero-order valence-corrected chi connectivity index (χ0v) is 13.0. The highest BCUT2D eigenvalue weighted by atomic mass is 35.5. The largest absolute Gasteiger partial charge is 0.351 e. The van der Waals surface area contributed by atoms with Crippen LogP contribution in [-0.4, -0.2) is 11.9 Å². The number of nitrogens with two attached hydrogens (primary N) is 1. The fourth-order valence-corrected chi connectivity index (χ4v) is 2.20. The van der Waals surface area contributed by atoms with Gasteiger partial charge < -0.3 is 16.4 Å². The molecular formula is C16H15ClFN3O2. The third kappa shape index (κ3) is 4.43. The van der Waals surface area contributed by atoms with Gasteiger partial charge in [-0.05, 0) is 42.8 Å². The van der Waals surface area contributed by atoms with Gasteiger partial charge in [0.15, 0.2) is 0 Å². The van der Waals surface area contributed by atoms with Gasteiger partial charge in [0.05, 0.1) is 11.6 Å². The van der Waals surface area contributed by atoms with Crippen molar-refractivity contribution in [1.29, 1.82) is 0 Å². The van der Waals surface area contributed by atoms with Crippen molar-refractivity contribution in [1.82, 2.24) is 5.32 Å². The van der Waals surface area contributed by atoms with E-state index in [1.165, 1.54) is 12.1 Å². The first kappa shape index (κ1) is 16.8. The number of urea groups is 1. The van der Waals surface area contributed by atoms with Crippen molar-refractivity contribution in [3.63, 3.8) is 0 Å². The second-order valence-electron chi connectivity index (χ2n) is 4.93. The van der Waals surface area contributed by atoms with Crippen molar-refractivity contribution < 1.29 is 14.0 Å². The lowest BCUT2D eigenvalue weighted by Gasteiger charge is -2.15. The second-order valence-corrected chi connectivity index (χ2v) is 5.37. The van der Waals surface area contributed by atoms with E-state index in [9.17, 15) is 14.0 Å². The van der Waals surface area contributed by atoms with Gasteiger partial charge >= 0.3 is 6.03 Å². The summed E-state index contributed by atoms with van der Waals surface area (Å²) in [7, 11) is 0. The Balaban J connectivity index is 2.09. The van der Waals surface area contributed by atoms with Crippen molar-refractivity contribution in [3.05, 3.63) is 64.4 Å². The Morgan fingerprint density at radius 2 is 1.83 bits per heavy atom. The average Bonchev–Trinajstić information content (AvgIpc) is 2.49. The Kier molecular flexibility index (Phi) is 5.18. The van der Waals surface area contributed by atoms with Gasteiger partial charge in [-0.25, -0.2) is 9.18 Å². The molecular weight excluding hydrogens is 321 g/mol. The smallest absolute Gasteiger partial charge is 0.316 e. The maximum Gasteiger partial charge on any atom is 0.316 e. The van der Waals surface area contributed by atoms with Crippen LogP contribution in [0.1, 0.15) is 28.9 Å². The predicted molar refractivity (Wildman–Crippen MR) is 86.9 cm³/mol. The molecule has 0 fully saturated rings. The van der Waals surface area contributed by atoms with Crippen LogP contribution >= 0.6 is 11.6 Å². The first-order valence-corrected chi connectivity index (χ1v) is 7.17. The molecule has 120 valence electrons. The molecule has 0 aromatic heterocycles. The van der Waals surface area contributed by atoms with Crippen LogP contribution in [-0.2, 0) is 0 Å². The molecule has 0 radical (unpaired) electrons. The van der Waals surface area contributed by atoms with E-state index in [0.717, 1.165) is 11.6 Å². The number of halogens is 2. The topological polar surface area (TPSA) is 84.2 Å². The number of hydrogen-bond donors (Lipinski definition) is 3. The van der Waals surface area contributed by atoms with E-state index < -0.39 is 17.8 Å². The lowest BCUT2D eigenvalue weighted by atomic mass is 10.1. The highest BCUT2D eigenvalue weighted by molar-refractivity contribution is 6.31. The lowest BCUT2D eigenvalue weighted by Crippen LogP contribution is -2.27. The van der Waals surface area contributed by atoms with Crippen LogP contribution in [0.5, 0.6) is 0 Å². The minimum absolute atomic E-state index is 0.114. The Morgan fingerprint density at radius 3 is 2.43 bits per heavy atom. The van der Waals surface area contributed by atoms with Gasteiger partial charge in [-0.3, -0.25) is 4.79 Å². The molecule has 0 unspecified atom stereocenters. The Labute approximate surface area is 137 Å². The molecule has 7 heteroatoms. The summed E-state index contributed by atoms with van der Waals surface area (Å²) in [6, 6.07) is 9.55. The van der Waals surface area contributed by atoms with E-state index in [-0.39, 0.29) is 16.6 Å². The standard InChI is InChI=1S/C16H15ClFN3O2/c1-9(10-2-5-12(6-3-10)21-16(19)23)20-15(22)13-8-11(17)4-7-14(13)18/h2-9H,1H3,(H,20,22)(H3,19,21,23)/t9-/m0/s1. The van der Waals surface area contributed by atoms with Gasteiger partial charge in [-0.1, -0.05) is 23.7 Å². The molecule has 3 amide bonds. The van der Waals surface area contributed by atoms with E-state index in [2.05, 4.69) is 10.6 Å². The van der Waals surface area contributed by atoms with E-state index in [4.69, 9.17) is 17.3 Å². The first-order valence-electron chi connectivity index (χ1n) is 6.79. The monoisotopic (exact) mass is 335 g/mol. The summed E-state index contributed by atoms with van der Waals surface area (Å²) in [4.78, 5) is 22.9. The van der Waals surface area contributed by atoms with E-state index >= 15 is 0 Å². The molecule has 4 N–H and O–H groups in total. The minimum atomic E-state index is -0.657. The number of hydrogen-bond acceptors (Lipinski definition) is 2. The van der Waals surface area contributed by atoms with E-state index in [0.29, 0.717) is 5.69 Å². The summed E-state index contributed by atoms with van der Waals surface area (Å²) in [6.45, 7) is 1.76. The molecule has 0 aliphatic carbocycles. The molecule has 1 atom stereocenters. The van der Waals surface area contributed by atoms with Gasteiger partial charge in [-0.15, -0.1) is 0 Å². The van der Waals surface area contributed by atoms with Crippen LogP contribution in [0, 0.1) is 5.82 Å². The molecule has 0 aliphatic heterocycles. The molecule has 2 aromatic rings. The number of primary amides is 1. The van der Waals surface area contributed by atoms with Crippen LogP contribution < -0.4 is 16.4 Å². The lowest BCUT2D eigenvalue weighted by molar-refractivity contribution is 0.0936. The van der Waals surface area contributed by atoms with Crippen molar-refractivity contribution in [3.8, 4) is 0 Å². The van der Waals surface area contributed by atoms with Gasteiger partial charge in [0.2, 0.25) is 0 Å². The van der Waals surface area contributed by atoms with Crippen LogP contribution in [0.25, 0.3) is 0 Å². The number of nitrogens with one attached hydrogen (secondary N) is 2. The van der Waals surface area contributed by atoms with Crippen LogP contribution in [0.15, 0.2) is 42.5 Å². The van der Waals surface area contributed by atoms with E-state index in [1.807, 2.05) is 0 Å². The minimum Gasteiger partial charge on any atom is -0.351 e. The van der Waals surface area contributed by atoms with Crippen LogP contribution in [0.4, 0.5) is 14.9 Å². The number of carbonyl (C=O) groups is 2. The third-order valence-corrected chi connectivity index (χ3v) is 3.43. The van der Waals surface area contributed by atoms with Crippen molar-refractivity contribution in [2.45, 2.75) is 13.0 Å². The number of benzene rings is 2. The van der Waals surface area contributed by atoms with Gasteiger partial charge in [0.1, 0.15) is 5.82 Å². The fourth-order valence-electron chi connectivity index (χ4n) is 2.03. The Hall–Kier alpha value is -2.60. The molecule has 2 rings (SSSR count). The zero-order valence-electron chi connectivity index (χ0n) is 12.3. The van der Waals surface area contributed by atoms with Crippen LogP contribution in [0.2, 0.25) is 5.02 Å². The molecule has 0 saturated heterocycles. The number of carbonyl (C=O) groups excluding carboxylic acids is 2. The quantitative estimate of drug-likeness (QED) is 0.799. The van der Waals surface area contributed by atoms with Gasteiger partial charge in [-0.2, -0.15) is 0 Å². The number of rotatable bonds is 4. The zero-order chi connectivity index (χ0) is 17.0. The summed E-state index contributed by atoms with van der Waals surface area (Å²) in [6.07, 6.45) is 0. The molecule has 0 spiro atoms. The summed E-state index contributed by atoms with van der Waals surface area (Å²) in [5.74, 6) is -1.20. The summed E-state index contributed by atoms with van der Waals surface area (Å²) in [5, 5.41) is 5.41. The van der Waals surface area contributed by atoms with E-state index in [1.54, 1.807) is 31.2 Å². The maximum atomic E-state index is 13.7. The number of amides is 3. The molecule has 0 saturated carbocycles. The molecule has 23 heavy (non-hydrogen) atoms. The fraction of sp³-hybridized carbons (Fsp3) is 0.125. The number of anilines is 1. The molecule has 0 heterocycles. The molecule has 0 aliphatic rings. The Bertz CT molecular complexity index is 735. The molecule has 2 aromatic carbocycles. The summed E-state index contributed by atoms with van der Waals surface area (Å²) in [5.41, 5.74) is 6.24. The highest BCUT2D eigenvalue weighted by Gasteiger charge is 2.15. The summed E-state index contributed by atoms with van der Waals surface area (Å²) < 4.78 is 13.7. The van der Waals surface area contributed by atoms with Crippen molar-refractivity contribution in [2.75, 3.05) is 5.32 Å². The van der Waals surface area contributed by atoms with Gasteiger partial charge in [0, 0.05) is 10.7 Å². The second kappa shape index (κ2) is 7.11. The van der Waals surface area contributed by atoms with Gasteiger partial charge in [0.25, 0.3) is 5.91 Å².